The molecule has 0 saturated carbocycles. The summed E-state index contributed by atoms with van der Waals surface area (Å²) in [5.74, 6) is -0.375. The standard InChI is InChI=1S/C11H13ClO2/c1-2-8-14-11(13)10(12)9-6-4-3-5-7-9/h3-7,10H,2,8H2,1H3/t10-/m1/s1. The summed E-state index contributed by atoms with van der Waals surface area (Å²) in [5.41, 5.74) is 0.773. The van der Waals surface area contributed by atoms with E-state index in [2.05, 4.69) is 0 Å². The van der Waals surface area contributed by atoms with Crippen LogP contribution in [-0.4, -0.2) is 12.6 Å². The van der Waals surface area contributed by atoms with Gasteiger partial charge in [-0.05, 0) is 12.0 Å². The predicted molar refractivity (Wildman–Crippen MR) is 56.3 cm³/mol. The Morgan fingerprint density at radius 2 is 2.07 bits per heavy atom. The zero-order chi connectivity index (χ0) is 10.4. The van der Waals surface area contributed by atoms with Crippen LogP contribution in [-0.2, 0) is 9.53 Å². The van der Waals surface area contributed by atoms with Gasteiger partial charge in [0, 0.05) is 0 Å². The van der Waals surface area contributed by atoms with Gasteiger partial charge in [0.25, 0.3) is 0 Å². The smallest absolute Gasteiger partial charge is 0.328 e. The number of hydrogen-bond donors (Lipinski definition) is 0. The van der Waals surface area contributed by atoms with Gasteiger partial charge in [-0.2, -0.15) is 0 Å². The Bertz CT molecular complexity index is 285. The quantitative estimate of drug-likeness (QED) is 0.567. The monoisotopic (exact) mass is 212 g/mol. The van der Waals surface area contributed by atoms with Gasteiger partial charge in [-0.3, -0.25) is 4.79 Å². The molecule has 1 aromatic carbocycles. The van der Waals surface area contributed by atoms with E-state index in [0.717, 1.165) is 12.0 Å². The summed E-state index contributed by atoms with van der Waals surface area (Å²) in [5, 5.41) is -0.692. The molecule has 0 aliphatic carbocycles. The van der Waals surface area contributed by atoms with Gasteiger partial charge >= 0.3 is 5.97 Å². The van der Waals surface area contributed by atoms with E-state index in [0.29, 0.717) is 6.61 Å². The molecular weight excluding hydrogens is 200 g/mol. The zero-order valence-corrected chi connectivity index (χ0v) is 8.83. The van der Waals surface area contributed by atoms with Crippen molar-refractivity contribution in [3.05, 3.63) is 35.9 Å². The summed E-state index contributed by atoms with van der Waals surface area (Å²) < 4.78 is 4.94. The van der Waals surface area contributed by atoms with E-state index in [4.69, 9.17) is 16.3 Å². The van der Waals surface area contributed by atoms with Gasteiger partial charge in [0.05, 0.1) is 6.61 Å². The minimum absolute atomic E-state index is 0.375. The number of alkyl halides is 1. The molecule has 0 radical (unpaired) electrons. The van der Waals surface area contributed by atoms with Crippen molar-refractivity contribution in [2.24, 2.45) is 0 Å². The van der Waals surface area contributed by atoms with Gasteiger partial charge < -0.3 is 4.74 Å². The molecule has 14 heavy (non-hydrogen) atoms. The molecule has 1 atom stereocenters. The van der Waals surface area contributed by atoms with Crippen molar-refractivity contribution < 1.29 is 9.53 Å². The van der Waals surface area contributed by atoms with E-state index < -0.39 is 5.38 Å². The molecule has 0 aromatic heterocycles. The zero-order valence-electron chi connectivity index (χ0n) is 8.07. The van der Waals surface area contributed by atoms with E-state index >= 15 is 0 Å². The highest BCUT2D eigenvalue weighted by molar-refractivity contribution is 6.29. The van der Waals surface area contributed by atoms with Gasteiger partial charge in [0.15, 0.2) is 5.38 Å². The van der Waals surface area contributed by atoms with Crippen molar-refractivity contribution in [1.82, 2.24) is 0 Å². The number of halogens is 1. The van der Waals surface area contributed by atoms with Gasteiger partial charge in [-0.25, -0.2) is 0 Å². The lowest BCUT2D eigenvalue weighted by Crippen LogP contribution is -2.11. The number of carbonyl (C=O) groups excluding carboxylic acids is 1. The highest BCUT2D eigenvalue weighted by atomic mass is 35.5. The fourth-order valence-corrected chi connectivity index (χ4v) is 1.24. The van der Waals surface area contributed by atoms with Crippen LogP contribution >= 0.6 is 11.6 Å². The maximum atomic E-state index is 11.3. The van der Waals surface area contributed by atoms with Crippen LogP contribution in [0.25, 0.3) is 0 Å². The summed E-state index contributed by atoms with van der Waals surface area (Å²) in [7, 11) is 0. The number of ether oxygens (including phenoxy) is 1. The third-order valence-electron chi connectivity index (χ3n) is 1.75. The van der Waals surface area contributed by atoms with Gasteiger partial charge in [0.2, 0.25) is 0 Å². The van der Waals surface area contributed by atoms with Crippen molar-refractivity contribution in [3.8, 4) is 0 Å². The SMILES string of the molecule is CCCOC(=O)[C@H](Cl)c1ccccc1. The largest absolute Gasteiger partial charge is 0.464 e. The van der Waals surface area contributed by atoms with Crippen molar-refractivity contribution >= 4 is 17.6 Å². The molecular formula is C11H13ClO2. The number of carbonyl (C=O) groups is 1. The van der Waals surface area contributed by atoms with E-state index in [-0.39, 0.29) is 5.97 Å². The predicted octanol–water partition coefficient (Wildman–Crippen LogP) is 2.92. The van der Waals surface area contributed by atoms with Crippen LogP contribution in [0.15, 0.2) is 30.3 Å². The molecule has 0 N–H and O–H groups in total. The lowest BCUT2D eigenvalue weighted by Gasteiger charge is -2.08. The van der Waals surface area contributed by atoms with Gasteiger partial charge in [0.1, 0.15) is 0 Å². The summed E-state index contributed by atoms with van der Waals surface area (Å²) in [6.45, 7) is 2.37. The molecule has 0 spiro atoms. The van der Waals surface area contributed by atoms with Crippen molar-refractivity contribution in [2.75, 3.05) is 6.61 Å². The molecule has 0 saturated heterocycles. The molecule has 3 heteroatoms. The average molecular weight is 213 g/mol. The fourth-order valence-electron chi connectivity index (χ4n) is 1.03. The summed E-state index contributed by atoms with van der Waals surface area (Å²) in [6.07, 6.45) is 0.810. The van der Waals surface area contributed by atoms with E-state index in [1.165, 1.54) is 0 Å². The highest BCUT2D eigenvalue weighted by Gasteiger charge is 2.18. The number of benzene rings is 1. The Morgan fingerprint density at radius 3 is 2.64 bits per heavy atom. The van der Waals surface area contributed by atoms with Crippen LogP contribution in [0.1, 0.15) is 24.3 Å². The summed E-state index contributed by atoms with van der Waals surface area (Å²) in [4.78, 5) is 11.3. The Balaban J connectivity index is 2.57. The number of hydrogen-bond acceptors (Lipinski definition) is 2. The molecule has 76 valence electrons. The minimum Gasteiger partial charge on any atom is -0.464 e. The molecule has 0 aliphatic heterocycles. The topological polar surface area (TPSA) is 26.3 Å². The Kier molecular flexibility index (Phi) is 4.47. The molecule has 0 amide bonds. The fraction of sp³-hybridized carbons (Fsp3) is 0.364. The first-order chi connectivity index (χ1) is 6.75. The van der Waals surface area contributed by atoms with Crippen molar-refractivity contribution in [3.63, 3.8) is 0 Å². The van der Waals surface area contributed by atoms with E-state index in [1.54, 1.807) is 0 Å². The third-order valence-corrected chi connectivity index (χ3v) is 2.18. The van der Waals surface area contributed by atoms with Crippen LogP contribution in [0.4, 0.5) is 0 Å². The van der Waals surface area contributed by atoms with Crippen molar-refractivity contribution in [1.29, 1.82) is 0 Å². The first-order valence-corrected chi connectivity index (χ1v) is 5.05. The Hall–Kier alpha value is -1.02. The first kappa shape index (κ1) is 11.1. The molecule has 0 heterocycles. The third kappa shape index (κ3) is 3.04. The second-order valence-electron chi connectivity index (χ2n) is 2.94. The Labute approximate surface area is 88.8 Å². The average Bonchev–Trinajstić information content (AvgIpc) is 2.26. The lowest BCUT2D eigenvalue weighted by molar-refractivity contribution is -0.143. The minimum atomic E-state index is -0.692. The summed E-state index contributed by atoms with van der Waals surface area (Å²) >= 11 is 5.92. The van der Waals surface area contributed by atoms with Crippen LogP contribution < -0.4 is 0 Å². The second-order valence-corrected chi connectivity index (χ2v) is 3.38. The molecule has 0 fully saturated rings. The highest BCUT2D eigenvalue weighted by Crippen LogP contribution is 2.21. The van der Waals surface area contributed by atoms with Gasteiger partial charge in [-0.15, -0.1) is 11.6 Å². The molecule has 0 bridgehead atoms. The normalized spacial score (nSPS) is 12.1. The summed E-state index contributed by atoms with van der Waals surface area (Å²) in [6, 6.07) is 9.19. The molecule has 1 rings (SSSR count). The lowest BCUT2D eigenvalue weighted by atomic mass is 10.1. The van der Waals surface area contributed by atoms with Crippen LogP contribution in [0.2, 0.25) is 0 Å². The molecule has 1 aromatic rings. The molecule has 0 aliphatic rings. The maximum Gasteiger partial charge on any atom is 0.328 e. The first-order valence-electron chi connectivity index (χ1n) is 4.61. The Morgan fingerprint density at radius 1 is 1.43 bits per heavy atom. The van der Waals surface area contributed by atoms with Crippen LogP contribution in [0.5, 0.6) is 0 Å². The number of esters is 1. The van der Waals surface area contributed by atoms with Gasteiger partial charge in [-0.1, -0.05) is 37.3 Å². The van der Waals surface area contributed by atoms with Crippen LogP contribution in [0, 0.1) is 0 Å². The molecule has 0 unspecified atom stereocenters. The van der Waals surface area contributed by atoms with E-state index in [1.807, 2.05) is 37.3 Å². The van der Waals surface area contributed by atoms with E-state index in [9.17, 15) is 4.79 Å². The number of rotatable bonds is 4. The molecule has 2 nitrogen and oxygen atoms in total. The van der Waals surface area contributed by atoms with Crippen LogP contribution in [0.3, 0.4) is 0 Å². The van der Waals surface area contributed by atoms with Crippen molar-refractivity contribution in [2.45, 2.75) is 18.7 Å². The second kappa shape index (κ2) is 5.66. The maximum absolute atomic E-state index is 11.3.